The van der Waals surface area contributed by atoms with E-state index >= 15 is 0 Å². The molecule has 6 heteroatoms. The van der Waals surface area contributed by atoms with Gasteiger partial charge in [0.2, 0.25) is 5.91 Å². The van der Waals surface area contributed by atoms with E-state index in [1.165, 1.54) is 11.3 Å². The van der Waals surface area contributed by atoms with E-state index in [9.17, 15) is 4.79 Å². The third-order valence-corrected chi connectivity index (χ3v) is 3.86. The zero-order chi connectivity index (χ0) is 15.2. The molecule has 1 amide bonds. The van der Waals surface area contributed by atoms with Crippen molar-refractivity contribution >= 4 is 28.1 Å². The van der Waals surface area contributed by atoms with Crippen LogP contribution in [0.1, 0.15) is 23.9 Å². The smallest absolute Gasteiger partial charge is 0.229 e. The van der Waals surface area contributed by atoms with Crippen LogP contribution in [0.4, 0.5) is 10.8 Å². The van der Waals surface area contributed by atoms with Gasteiger partial charge in [-0.3, -0.25) is 4.79 Å². The Morgan fingerprint density at radius 1 is 1.48 bits per heavy atom. The molecule has 0 aliphatic rings. The number of rotatable bonds is 6. The average molecular weight is 305 g/mol. The number of anilines is 2. The minimum atomic E-state index is -0.102. The Morgan fingerprint density at radius 3 is 2.95 bits per heavy atom. The number of thiazole rings is 1. The summed E-state index contributed by atoms with van der Waals surface area (Å²) < 4.78 is 5.49. The number of nitrogens with zero attached hydrogens (tertiary/aromatic N) is 1. The van der Waals surface area contributed by atoms with Crippen LogP contribution in [0.2, 0.25) is 0 Å². The number of nitrogens with one attached hydrogen (secondary N) is 1. The van der Waals surface area contributed by atoms with Gasteiger partial charge in [0.15, 0.2) is 5.13 Å². The van der Waals surface area contributed by atoms with Crippen LogP contribution in [-0.2, 0) is 11.2 Å². The number of amides is 1. The van der Waals surface area contributed by atoms with Crippen molar-refractivity contribution in [3.63, 3.8) is 0 Å². The topological polar surface area (TPSA) is 77.2 Å². The molecule has 0 spiro atoms. The van der Waals surface area contributed by atoms with Crippen LogP contribution in [0, 0.1) is 6.92 Å². The second kappa shape index (κ2) is 7.08. The standard InChI is InChI=1S/C15H19N3O2S/c1-3-13-10(2)21-15(17-13)18-14(19)7-8-20-12-6-4-5-11(16)9-12/h4-6,9H,3,7-8,16H2,1-2H3,(H,17,18,19). The highest BCUT2D eigenvalue weighted by Gasteiger charge is 2.09. The fourth-order valence-corrected chi connectivity index (χ4v) is 2.78. The molecule has 112 valence electrons. The molecule has 0 aliphatic carbocycles. The predicted molar refractivity (Wildman–Crippen MR) is 85.8 cm³/mol. The number of benzene rings is 1. The number of nitrogen functional groups attached to an aromatic ring is 1. The number of aromatic nitrogens is 1. The van der Waals surface area contributed by atoms with Gasteiger partial charge in [0.25, 0.3) is 0 Å². The maximum absolute atomic E-state index is 11.8. The fourth-order valence-electron chi connectivity index (χ4n) is 1.86. The Labute approximate surface area is 128 Å². The Hall–Kier alpha value is -2.08. The van der Waals surface area contributed by atoms with Gasteiger partial charge >= 0.3 is 0 Å². The lowest BCUT2D eigenvalue weighted by molar-refractivity contribution is -0.116. The first kappa shape index (κ1) is 15.3. The molecule has 0 radical (unpaired) electrons. The summed E-state index contributed by atoms with van der Waals surface area (Å²) >= 11 is 1.50. The van der Waals surface area contributed by atoms with Gasteiger partial charge in [0.1, 0.15) is 5.75 Å². The van der Waals surface area contributed by atoms with Gasteiger partial charge in [0.05, 0.1) is 18.7 Å². The van der Waals surface area contributed by atoms with Crippen LogP contribution in [-0.4, -0.2) is 17.5 Å². The van der Waals surface area contributed by atoms with Gasteiger partial charge in [0, 0.05) is 16.6 Å². The van der Waals surface area contributed by atoms with E-state index in [4.69, 9.17) is 10.5 Å². The molecule has 0 unspecified atom stereocenters. The molecule has 3 N–H and O–H groups in total. The highest BCUT2D eigenvalue weighted by Crippen LogP contribution is 2.22. The van der Waals surface area contributed by atoms with Gasteiger partial charge < -0.3 is 15.8 Å². The highest BCUT2D eigenvalue weighted by atomic mass is 32.1. The maximum atomic E-state index is 11.8. The summed E-state index contributed by atoms with van der Waals surface area (Å²) in [5.41, 5.74) is 7.33. The van der Waals surface area contributed by atoms with Crippen molar-refractivity contribution in [1.82, 2.24) is 4.98 Å². The van der Waals surface area contributed by atoms with E-state index in [1.54, 1.807) is 12.1 Å². The van der Waals surface area contributed by atoms with Crippen molar-refractivity contribution in [2.45, 2.75) is 26.7 Å². The first-order valence-electron chi connectivity index (χ1n) is 6.83. The normalized spacial score (nSPS) is 10.4. The number of aryl methyl sites for hydroxylation is 2. The Morgan fingerprint density at radius 2 is 2.29 bits per heavy atom. The van der Waals surface area contributed by atoms with Crippen molar-refractivity contribution in [2.24, 2.45) is 0 Å². The summed E-state index contributed by atoms with van der Waals surface area (Å²) in [6.07, 6.45) is 1.14. The van der Waals surface area contributed by atoms with E-state index in [0.717, 1.165) is 17.0 Å². The summed E-state index contributed by atoms with van der Waals surface area (Å²) in [7, 11) is 0. The maximum Gasteiger partial charge on any atom is 0.229 e. The van der Waals surface area contributed by atoms with Crippen molar-refractivity contribution in [2.75, 3.05) is 17.7 Å². The number of carbonyl (C=O) groups excluding carboxylic acids is 1. The molecule has 1 aromatic heterocycles. The molecule has 2 aromatic rings. The van der Waals surface area contributed by atoms with Crippen molar-refractivity contribution in [3.8, 4) is 5.75 Å². The van der Waals surface area contributed by atoms with Crippen molar-refractivity contribution in [1.29, 1.82) is 0 Å². The predicted octanol–water partition coefficient (Wildman–Crippen LogP) is 3.00. The minimum Gasteiger partial charge on any atom is -0.493 e. The molecule has 0 saturated heterocycles. The summed E-state index contributed by atoms with van der Waals surface area (Å²) in [6, 6.07) is 7.15. The van der Waals surface area contributed by atoms with Crippen LogP contribution in [0.25, 0.3) is 0 Å². The number of ether oxygens (including phenoxy) is 1. The molecule has 2 rings (SSSR count). The molecule has 0 fully saturated rings. The lowest BCUT2D eigenvalue weighted by Gasteiger charge is -2.06. The molecule has 21 heavy (non-hydrogen) atoms. The van der Waals surface area contributed by atoms with Crippen LogP contribution >= 0.6 is 11.3 Å². The monoisotopic (exact) mass is 305 g/mol. The largest absolute Gasteiger partial charge is 0.493 e. The fraction of sp³-hybridized carbons (Fsp3) is 0.333. The second-order valence-corrected chi connectivity index (χ2v) is 5.80. The Balaban J connectivity index is 1.79. The van der Waals surface area contributed by atoms with Gasteiger partial charge in [-0.1, -0.05) is 13.0 Å². The molecule has 0 saturated carbocycles. The minimum absolute atomic E-state index is 0.102. The van der Waals surface area contributed by atoms with Crippen LogP contribution in [0.15, 0.2) is 24.3 Å². The van der Waals surface area contributed by atoms with Gasteiger partial charge in [-0.25, -0.2) is 4.98 Å². The van der Waals surface area contributed by atoms with Crippen LogP contribution < -0.4 is 15.8 Å². The number of hydrogen-bond donors (Lipinski definition) is 2. The summed E-state index contributed by atoms with van der Waals surface area (Å²) in [4.78, 5) is 17.3. The van der Waals surface area contributed by atoms with Crippen molar-refractivity contribution < 1.29 is 9.53 Å². The SMILES string of the molecule is CCc1nc(NC(=O)CCOc2cccc(N)c2)sc1C. The molecule has 0 atom stereocenters. The summed E-state index contributed by atoms with van der Waals surface area (Å²) in [6.45, 7) is 4.36. The summed E-state index contributed by atoms with van der Waals surface area (Å²) in [5.74, 6) is 0.566. The lowest BCUT2D eigenvalue weighted by atomic mass is 10.3. The van der Waals surface area contributed by atoms with Gasteiger partial charge in [-0.2, -0.15) is 0 Å². The summed E-state index contributed by atoms with van der Waals surface area (Å²) in [5, 5.41) is 3.45. The zero-order valence-corrected chi connectivity index (χ0v) is 13.0. The molecule has 1 heterocycles. The average Bonchev–Trinajstić information content (AvgIpc) is 2.78. The number of nitrogens with two attached hydrogens (primary N) is 1. The van der Waals surface area contributed by atoms with E-state index in [0.29, 0.717) is 23.2 Å². The highest BCUT2D eigenvalue weighted by molar-refractivity contribution is 7.15. The first-order valence-corrected chi connectivity index (χ1v) is 7.64. The second-order valence-electron chi connectivity index (χ2n) is 4.59. The molecule has 0 aliphatic heterocycles. The third kappa shape index (κ3) is 4.46. The molecule has 0 bridgehead atoms. The molecule has 1 aromatic carbocycles. The first-order chi connectivity index (χ1) is 10.1. The van der Waals surface area contributed by atoms with E-state index in [1.807, 2.05) is 26.0 Å². The molecule has 5 nitrogen and oxygen atoms in total. The van der Waals surface area contributed by atoms with E-state index in [2.05, 4.69) is 10.3 Å². The van der Waals surface area contributed by atoms with Gasteiger partial charge in [-0.15, -0.1) is 11.3 Å². The van der Waals surface area contributed by atoms with Crippen LogP contribution in [0.5, 0.6) is 5.75 Å². The Kier molecular flexibility index (Phi) is 5.16. The van der Waals surface area contributed by atoms with Crippen LogP contribution in [0.3, 0.4) is 0 Å². The molecular formula is C15H19N3O2S. The Bertz CT molecular complexity index is 625. The van der Waals surface area contributed by atoms with Gasteiger partial charge in [-0.05, 0) is 25.5 Å². The lowest BCUT2D eigenvalue weighted by Crippen LogP contribution is -2.15. The third-order valence-electron chi connectivity index (χ3n) is 2.93. The van der Waals surface area contributed by atoms with E-state index < -0.39 is 0 Å². The zero-order valence-electron chi connectivity index (χ0n) is 12.2. The number of hydrogen-bond acceptors (Lipinski definition) is 5. The molecular weight excluding hydrogens is 286 g/mol. The van der Waals surface area contributed by atoms with Crippen molar-refractivity contribution in [3.05, 3.63) is 34.8 Å². The van der Waals surface area contributed by atoms with E-state index in [-0.39, 0.29) is 12.3 Å². The quantitative estimate of drug-likeness (QED) is 0.804. The number of carbonyl (C=O) groups is 1.